The number of carboxylic acid groups (broad SMARTS) is 1. The van der Waals surface area contributed by atoms with Crippen LogP contribution in [0.4, 0.5) is 0 Å². The Morgan fingerprint density at radius 1 is 1.13 bits per heavy atom. The van der Waals surface area contributed by atoms with E-state index in [1.54, 1.807) is 7.05 Å². The Morgan fingerprint density at radius 2 is 1.82 bits per heavy atom. The van der Waals surface area contributed by atoms with E-state index in [1.165, 1.54) is 6.92 Å². The normalized spacial score (nSPS) is 14.3. The third-order valence-corrected chi connectivity index (χ3v) is 8.07. The standard InChI is InChI=1S/C28H33N3O7S/c1-16-7-9-19(10-8-16)25-24(26(33)29-3)22-14-21(18-11-12-18)23(31-27(22)38-25)15-39(36,37)30-13-5-4-6-20(17(2)32)28(34)35/h7-10,14,18,30,32H,4-6,11-13,15H2,1-3H3,(H,29,33)(H,34,35)/b20-17-. The number of sulfonamides is 1. The fraction of sp³-hybridized carbons (Fsp3) is 0.393. The first kappa shape index (κ1) is 28.3. The second-order valence-corrected chi connectivity index (χ2v) is 11.7. The Morgan fingerprint density at radius 3 is 2.41 bits per heavy atom. The molecule has 11 heteroatoms. The summed E-state index contributed by atoms with van der Waals surface area (Å²) in [6, 6.07) is 9.42. The molecule has 0 atom stereocenters. The molecule has 10 nitrogen and oxygen atoms in total. The SMILES string of the molecule is CNC(=O)c1c(-c2ccc(C)cc2)oc2nc(CS(=O)(=O)NCCCC/C(C(=O)O)=C(\C)O)c(C3CC3)cc12. The molecule has 1 amide bonds. The lowest BCUT2D eigenvalue weighted by atomic mass is 10.0. The number of rotatable bonds is 12. The number of aromatic nitrogens is 1. The van der Waals surface area contributed by atoms with Crippen LogP contribution in [-0.2, 0) is 20.6 Å². The van der Waals surface area contributed by atoms with Gasteiger partial charge in [0.25, 0.3) is 5.91 Å². The van der Waals surface area contributed by atoms with Gasteiger partial charge in [0.1, 0.15) is 11.5 Å². The number of benzene rings is 1. The highest BCUT2D eigenvalue weighted by atomic mass is 32.2. The van der Waals surface area contributed by atoms with Crippen molar-refractivity contribution in [2.24, 2.45) is 0 Å². The van der Waals surface area contributed by atoms with Gasteiger partial charge < -0.3 is 19.9 Å². The third kappa shape index (κ3) is 6.66. The smallest absolute Gasteiger partial charge is 0.334 e. The Hall–Kier alpha value is -3.70. The van der Waals surface area contributed by atoms with Gasteiger partial charge in [0.05, 0.1) is 28.0 Å². The number of furan rings is 1. The number of hydrogen-bond donors (Lipinski definition) is 4. The highest BCUT2D eigenvalue weighted by Crippen LogP contribution is 2.44. The van der Waals surface area contributed by atoms with E-state index in [9.17, 15) is 23.1 Å². The number of pyridine rings is 1. The molecular weight excluding hydrogens is 522 g/mol. The van der Waals surface area contributed by atoms with Gasteiger partial charge in [-0.3, -0.25) is 4.79 Å². The molecule has 0 aliphatic heterocycles. The van der Waals surface area contributed by atoms with E-state index in [-0.39, 0.29) is 47.6 Å². The topological polar surface area (TPSA) is 159 Å². The van der Waals surface area contributed by atoms with Crippen LogP contribution in [0.1, 0.15) is 72.1 Å². The molecule has 0 saturated heterocycles. The summed E-state index contributed by atoms with van der Waals surface area (Å²) in [7, 11) is -2.21. The molecule has 208 valence electrons. The monoisotopic (exact) mass is 555 g/mol. The largest absolute Gasteiger partial charge is 0.512 e. The number of aliphatic hydroxyl groups is 1. The van der Waals surface area contributed by atoms with Crippen molar-refractivity contribution in [2.75, 3.05) is 13.6 Å². The molecule has 1 saturated carbocycles. The van der Waals surface area contributed by atoms with Crippen molar-refractivity contribution in [3.63, 3.8) is 0 Å². The number of hydrogen-bond acceptors (Lipinski definition) is 7. The summed E-state index contributed by atoms with van der Waals surface area (Å²) in [6.45, 7) is 3.40. The molecule has 0 radical (unpaired) electrons. The van der Waals surface area contributed by atoms with E-state index < -0.39 is 16.0 Å². The molecule has 4 N–H and O–H groups in total. The fourth-order valence-electron chi connectivity index (χ4n) is 4.52. The molecule has 2 heterocycles. The van der Waals surface area contributed by atoms with Crippen LogP contribution in [0.25, 0.3) is 22.4 Å². The number of carboxylic acids is 1. The third-order valence-electron chi connectivity index (χ3n) is 6.78. The van der Waals surface area contributed by atoms with Crippen molar-refractivity contribution >= 4 is 33.0 Å². The Bertz CT molecular complexity index is 1530. The number of aryl methyl sites for hydroxylation is 1. The van der Waals surface area contributed by atoms with Crippen LogP contribution in [0.5, 0.6) is 0 Å². The lowest BCUT2D eigenvalue weighted by Crippen LogP contribution is -2.27. The molecule has 3 aromatic rings. The average Bonchev–Trinajstić information content (AvgIpc) is 3.65. The Labute approximate surface area is 227 Å². The zero-order valence-electron chi connectivity index (χ0n) is 22.2. The maximum atomic E-state index is 12.9. The van der Waals surface area contributed by atoms with E-state index in [1.807, 2.05) is 37.3 Å². The number of carbonyl (C=O) groups is 2. The van der Waals surface area contributed by atoms with Crippen LogP contribution in [0.3, 0.4) is 0 Å². The molecule has 1 aromatic carbocycles. The fourth-order valence-corrected chi connectivity index (χ4v) is 5.67. The molecule has 0 spiro atoms. The second kappa shape index (κ2) is 11.6. The minimum Gasteiger partial charge on any atom is -0.512 e. The molecule has 1 fully saturated rings. The molecule has 4 rings (SSSR count). The summed E-state index contributed by atoms with van der Waals surface area (Å²) in [5.41, 5.74) is 3.45. The lowest BCUT2D eigenvalue weighted by Gasteiger charge is -2.11. The van der Waals surface area contributed by atoms with Gasteiger partial charge in [-0.25, -0.2) is 22.9 Å². The van der Waals surface area contributed by atoms with Gasteiger partial charge in [-0.15, -0.1) is 0 Å². The zero-order chi connectivity index (χ0) is 28.3. The van der Waals surface area contributed by atoms with Gasteiger partial charge in [0.15, 0.2) is 0 Å². The number of allylic oxidation sites excluding steroid dienone is 1. The minimum atomic E-state index is -3.76. The summed E-state index contributed by atoms with van der Waals surface area (Å²) in [5.74, 6) is -1.55. The number of fused-ring (bicyclic) bond motifs is 1. The summed E-state index contributed by atoms with van der Waals surface area (Å²) >= 11 is 0. The van der Waals surface area contributed by atoms with Crippen molar-refractivity contribution in [3.8, 4) is 11.3 Å². The highest BCUT2D eigenvalue weighted by Gasteiger charge is 2.31. The van der Waals surface area contributed by atoms with Crippen LogP contribution >= 0.6 is 0 Å². The molecule has 0 unspecified atom stereocenters. The van der Waals surface area contributed by atoms with Crippen molar-refractivity contribution in [1.29, 1.82) is 0 Å². The Balaban J connectivity index is 1.58. The van der Waals surface area contributed by atoms with Gasteiger partial charge in [0.2, 0.25) is 15.7 Å². The number of amides is 1. The molecule has 2 aromatic heterocycles. The van der Waals surface area contributed by atoms with E-state index in [4.69, 9.17) is 9.52 Å². The minimum absolute atomic E-state index is 0.0796. The van der Waals surface area contributed by atoms with Crippen molar-refractivity contribution in [3.05, 3.63) is 64.0 Å². The summed E-state index contributed by atoms with van der Waals surface area (Å²) in [4.78, 5) is 28.7. The summed E-state index contributed by atoms with van der Waals surface area (Å²) in [5, 5.41) is 21.8. The van der Waals surface area contributed by atoms with Gasteiger partial charge in [-0.05, 0) is 63.5 Å². The molecular formula is C28H33N3O7S. The van der Waals surface area contributed by atoms with Crippen molar-refractivity contribution in [1.82, 2.24) is 15.0 Å². The number of aliphatic carboxylic acids is 1. The van der Waals surface area contributed by atoms with Crippen LogP contribution in [0.2, 0.25) is 0 Å². The van der Waals surface area contributed by atoms with Crippen LogP contribution in [-0.4, -0.2) is 49.1 Å². The zero-order valence-corrected chi connectivity index (χ0v) is 23.0. The predicted molar refractivity (Wildman–Crippen MR) is 147 cm³/mol. The van der Waals surface area contributed by atoms with Crippen LogP contribution in [0, 0.1) is 6.92 Å². The number of nitrogens with one attached hydrogen (secondary N) is 2. The molecule has 1 aliphatic rings. The van der Waals surface area contributed by atoms with Gasteiger partial charge in [0, 0.05) is 19.2 Å². The van der Waals surface area contributed by atoms with Gasteiger partial charge in [-0.1, -0.05) is 29.8 Å². The summed E-state index contributed by atoms with van der Waals surface area (Å²) < 4.78 is 34.5. The predicted octanol–water partition coefficient (Wildman–Crippen LogP) is 4.55. The maximum absolute atomic E-state index is 12.9. The molecule has 1 aliphatic carbocycles. The van der Waals surface area contributed by atoms with Crippen molar-refractivity contribution < 1.29 is 32.6 Å². The number of unbranched alkanes of at least 4 members (excludes halogenated alkanes) is 1. The highest BCUT2D eigenvalue weighted by molar-refractivity contribution is 7.88. The first-order valence-corrected chi connectivity index (χ1v) is 14.5. The summed E-state index contributed by atoms with van der Waals surface area (Å²) in [6.07, 6.45) is 2.76. The number of carbonyl (C=O) groups excluding carboxylic acids is 1. The first-order valence-electron chi connectivity index (χ1n) is 12.9. The van der Waals surface area contributed by atoms with Gasteiger partial charge in [-0.2, -0.15) is 0 Å². The molecule has 0 bridgehead atoms. The maximum Gasteiger partial charge on any atom is 0.334 e. The van der Waals surface area contributed by atoms with E-state index >= 15 is 0 Å². The first-order chi connectivity index (χ1) is 18.5. The number of nitrogens with zero attached hydrogens (tertiary/aromatic N) is 1. The van der Waals surface area contributed by atoms with Gasteiger partial charge >= 0.3 is 5.97 Å². The van der Waals surface area contributed by atoms with Crippen LogP contribution in [0.15, 0.2) is 46.1 Å². The van der Waals surface area contributed by atoms with Crippen LogP contribution < -0.4 is 10.0 Å². The average molecular weight is 556 g/mol. The lowest BCUT2D eigenvalue weighted by molar-refractivity contribution is -0.133. The number of aliphatic hydroxyl groups excluding tert-OH is 1. The van der Waals surface area contributed by atoms with Crippen molar-refractivity contribution in [2.45, 2.75) is 57.6 Å². The quantitative estimate of drug-likeness (QED) is 0.144. The van der Waals surface area contributed by atoms with E-state index in [2.05, 4.69) is 15.0 Å². The van der Waals surface area contributed by atoms with E-state index in [0.29, 0.717) is 35.2 Å². The Kier molecular flexibility index (Phi) is 8.41. The molecule has 39 heavy (non-hydrogen) atoms. The second-order valence-electron chi connectivity index (χ2n) is 9.88. The van der Waals surface area contributed by atoms with E-state index in [0.717, 1.165) is 29.5 Å².